The lowest BCUT2D eigenvalue weighted by Crippen LogP contribution is -2.18. The lowest BCUT2D eigenvalue weighted by atomic mass is 10.0. The van der Waals surface area contributed by atoms with Gasteiger partial charge in [-0.25, -0.2) is 4.39 Å². The number of fused-ring (bicyclic) bond motifs is 1. The van der Waals surface area contributed by atoms with E-state index in [4.69, 9.17) is 17.3 Å². The Kier molecular flexibility index (Phi) is 3.31. The minimum absolute atomic E-state index is 0.0407. The number of nitrogens with zero attached hydrogens (tertiary/aromatic N) is 1. The van der Waals surface area contributed by atoms with Gasteiger partial charge in [0.25, 0.3) is 0 Å². The molecule has 2 rings (SSSR count). The molecule has 0 spiro atoms. The van der Waals surface area contributed by atoms with Crippen LogP contribution in [-0.2, 0) is 6.42 Å². The van der Waals surface area contributed by atoms with Crippen LogP contribution in [0.25, 0.3) is 10.9 Å². The lowest BCUT2D eigenvalue weighted by Gasteiger charge is -2.10. The fourth-order valence-electron chi connectivity index (χ4n) is 1.94. The second-order valence-electron chi connectivity index (χ2n) is 4.39. The second kappa shape index (κ2) is 4.59. The van der Waals surface area contributed by atoms with Gasteiger partial charge in [-0.2, -0.15) is 0 Å². The van der Waals surface area contributed by atoms with Gasteiger partial charge in [0.15, 0.2) is 0 Å². The van der Waals surface area contributed by atoms with Crippen molar-refractivity contribution >= 4 is 22.5 Å². The SMILES string of the molecule is Cc1cc(Cl)c2cc(F)cc(CC(C)N)c2n1. The highest BCUT2D eigenvalue weighted by atomic mass is 35.5. The first-order chi connectivity index (χ1) is 7.97. The van der Waals surface area contributed by atoms with Gasteiger partial charge in [-0.1, -0.05) is 11.6 Å². The summed E-state index contributed by atoms with van der Waals surface area (Å²) in [7, 11) is 0. The van der Waals surface area contributed by atoms with Crippen LogP contribution in [-0.4, -0.2) is 11.0 Å². The Labute approximate surface area is 105 Å². The molecule has 0 saturated carbocycles. The molecule has 1 heterocycles. The van der Waals surface area contributed by atoms with E-state index in [1.807, 2.05) is 13.8 Å². The van der Waals surface area contributed by atoms with Gasteiger partial charge < -0.3 is 5.73 Å². The van der Waals surface area contributed by atoms with Crippen LogP contribution >= 0.6 is 11.6 Å². The summed E-state index contributed by atoms with van der Waals surface area (Å²) in [5.74, 6) is -0.305. The molecule has 0 fully saturated rings. The number of rotatable bonds is 2. The summed E-state index contributed by atoms with van der Waals surface area (Å²) in [6, 6.07) is 4.59. The van der Waals surface area contributed by atoms with Crippen molar-refractivity contribution in [3.63, 3.8) is 0 Å². The van der Waals surface area contributed by atoms with Crippen molar-refractivity contribution < 1.29 is 4.39 Å². The summed E-state index contributed by atoms with van der Waals surface area (Å²) >= 11 is 6.10. The Morgan fingerprint density at radius 1 is 1.41 bits per heavy atom. The molecule has 0 aliphatic rings. The zero-order valence-electron chi connectivity index (χ0n) is 9.80. The first kappa shape index (κ1) is 12.3. The van der Waals surface area contributed by atoms with Gasteiger partial charge in [-0.05, 0) is 44.0 Å². The molecule has 4 heteroatoms. The van der Waals surface area contributed by atoms with Crippen LogP contribution in [0.3, 0.4) is 0 Å². The maximum atomic E-state index is 13.5. The average Bonchev–Trinajstić information content (AvgIpc) is 2.19. The van der Waals surface area contributed by atoms with E-state index in [2.05, 4.69) is 4.98 Å². The van der Waals surface area contributed by atoms with Crippen molar-refractivity contribution in [1.29, 1.82) is 0 Å². The fraction of sp³-hybridized carbons (Fsp3) is 0.308. The molecule has 0 amide bonds. The Bertz CT molecular complexity index is 567. The maximum Gasteiger partial charge on any atom is 0.124 e. The Morgan fingerprint density at radius 2 is 2.12 bits per heavy atom. The van der Waals surface area contributed by atoms with Crippen molar-refractivity contribution in [3.8, 4) is 0 Å². The third-order valence-corrected chi connectivity index (χ3v) is 2.89. The van der Waals surface area contributed by atoms with Gasteiger partial charge in [0.2, 0.25) is 0 Å². The molecule has 2 N–H and O–H groups in total. The molecule has 0 bridgehead atoms. The second-order valence-corrected chi connectivity index (χ2v) is 4.80. The average molecular weight is 253 g/mol. The summed E-state index contributed by atoms with van der Waals surface area (Å²) in [4.78, 5) is 4.42. The third-order valence-electron chi connectivity index (χ3n) is 2.58. The number of hydrogen-bond acceptors (Lipinski definition) is 2. The minimum Gasteiger partial charge on any atom is -0.328 e. The lowest BCUT2D eigenvalue weighted by molar-refractivity contribution is 0.625. The number of benzene rings is 1. The van der Waals surface area contributed by atoms with Crippen LogP contribution in [0.15, 0.2) is 18.2 Å². The highest BCUT2D eigenvalue weighted by Crippen LogP contribution is 2.27. The standard InChI is InChI=1S/C13H14ClFN2/c1-7(16)3-9-5-10(15)6-11-12(14)4-8(2)17-13(9)11/h4-7H,3,16H2,1-2H3. The smallest absolute Gasteiger partial charge is 0.124 e. The Balaban J connectivity index is 2.73. The van der Waals surface area contributed by atoms with Crippen molar-refractivity contribution in [2.24, 2.45) is 5.73 Å². The number of aryl methyl sites for hydroxylation is 1. The largest absolute Gasteiger partial charge is 0.328 e. The normalized spacial score (nSPS) is 13.0. The monoisotopic (exact) mass is 252 g/mol. The van der Waals surface area contributed by atoms with Crippen molar-refractivity contribution in [3.05, 3.63) is 40.3 Å². The number of pyridine rings is 1. The van der Waals surface area contributed by atoms with Gasteiger partial charge in [0.1, 0.15) is 5.82 Å². The molecule has 0 aliphatic heterocycles. The highest BCUT2D eigenvalue weighted by Gasteiger charge is 2.10. The number of aromatic nitrogens is 1. The molecule has 2 aromatic rings. The van der Waals surface area contributed by atoms with E-state index in [0.29, 0.717) is 16.8 Å². The summed E-state index contributed by atoms with van der Waals surface area (Å²) in [5.41, 5.74) is 8.13. The molecule has 1 aromatic carbocycles. The van der Waals surface area contributed by atoms with Crippen LogP contribution in [0, 0.1) is 12.7 Å². The van der Waals surface area contributed by atoms with Crippen LogP contribution < -0.4 is 5.73 Å². The molecular formula is C13H14ClFN2. The van der Waals surface area contributed by atoms with Gasteiger partial charge >= 0.3 is 0 Å². The minimum atomic E-state index is -0.305. The highest BCUT2D eigenvalue weighted by molar-refractivity contribution is 6.35. The molecular weight excluding hydrogens is 239 g/mol. The number of halogens is 2. The van der Waals surface area contributed by atoms with Gasteiger partial charge in [0, 0.05) is 17.1 Å². The zero-order valence-corrected chi connectivity index (χ0v) is 10.6. The van der Waals surface area contributed by atoms with E-state index in [9.17, 15) is 4.39 Å². The molecule has 90 valence electrons. The zero-order chi connectivity index (χ0) is 12.6. The molecule has 0 aliphatic carbocycles. The van der Waals surface area contributed by atoms with Gasteiger partial charge in [0.05, 0.1) is 10.5 Å². The Morgan fingerprint density at radius 3 is 2.76 bits per heavy atom. The molecule has 2 nitrogen and oxygen atoms in total. The topological polar surface area (TPSA) is 38.9 Å². The van der Waals surface area contributed by atoms with Gasteiger partial charge in [-0.15, -0.1) is 0 Å². The number of nitrogens with two attached hydrogens (primary N) is 1. The van der Waals surface area contributed by atoms with Crippen LogP contribution in [0.4, 0.5) is 4.39 Å². The predicted octanol–water partition coefficient (Wildman–Crippen LogP) is 3.23. The predicted molar refractivity (Wildman–Crippen MR) is 68.8 cm³/mol. The van der Waals surface area contributed by atoms with Crippen molar-refractivity contribution in [1.82, 2.24) is 4.98 Å². The van der Waals surface area contributed by atoms with E-state index in [1.165, 1.54) is 12.1 Å². The first-order valence-electron chi connectivity index (χ1n) is 5.48. The molecule has 1 atom stereocenters. The molecule has 0 saturated heterocycles. The van der Waals surface area contributed by atoms with E-state index < -0.39 is 0 Å². The molecule has 0 radical (unpaired) electrons. The van der Waals surface area contributed by atoms with Crippen LogP contribution in [0.2, 0.25) is 5.02 Å². The van der Waals surface area contributed by atoms with Gasteiger partial charge in [-0.3, -0.25) is 4.98 Å². The Hall–Kier alpha value is -1.19. The summed E-state index contributed by atoms with van der Waals surface area (Å²) in [6.07, 6.45) is 0.584. The maximum absolute atomic E-state index is 13.5. The van der Waals surface area contributed by atoms with Crippen molar-refractivity contribution in [2.75, 3.05) is 0 Å². The summed E-state index contributed by atoms with van der Waals surface area (Å²) in [6.45, 7) is 3.75. The fourth-order valence-corrected chi connectivity index (χ4v) is 2.24. The van der Waals surface area contributed by atoms with E-state index in [-0.39, 0.29) is 11.9 Å². The molecule has 1 aromatic heterocycles. The van der Waals surface area contributed by atoms with Crippen LogP contribution in [0.1, 0.15) is 18.2 Å². The van der Waals surface area contributed by atoms with E-state index >= 15 is 0 Å². The molecule has 1 unspecified atom stereocenters. The van der Waals surface area contributed by atoms with E-state index in [0.717, 1.165) is 16.8 Å². The van der Waals surface area contributed by atoms with Crippen molar-refractivity contribution in [2.45, 2.75) is 26.3 Å². The summed E-state index contributed by atoms with van der Waals surface area (Å²) in [5, 5.41) is 1.17. The van der Waals surface area contributed by atoms with Crippen LogP contribution in [0.5, 0.6) is 0 Å². The summed E-state index contributed by atoms with van der Waals surface area (Å²) < 4.78 is 13.5. The van der Waals surface area contributed by atoms with E-state index in [1.54, 1.807) is 6.07 Å². The molecule has 17 heavy (non-hydrogen) atoms. The number of hydrogen-bond donors (Lipinski definition) is 1. The third kappa shape index (κ3) is 2.56. The quantitative estimate of drug-likeness (QED) is 0.891. The first-order valence-corrected chi connectivity index (χ1v) is 5.86.